The largest absolute Gasteiger partial charge is 0.379 e. The van der Waals surface area contributed by atoms with Crippen molar-refractivity contribution in [1.29, 1.82) is 0 Å². The zero-order valence-electron chi connectivity index (χ0n) is 18.5. The van der Waals surface area contributed by atoms with Crippen LogP contribution in [0.1, 0.15) is 18.1 Å². The molecule has 33 heavy (non-hydrogen) atoms. The van der Waals surface area contributed by atoms with Crippen LogP contribution in [0.4, 0.5) is 0 Å². The SMILES string of the molecule is CC(=O)NOc1ccc(-c2[nH]ncc2-c2ccc3ncc(-c4ccccn4)n3c2)c(C)c1C. The molecular formula is C25H22N6O2. The molecule has 0 fully saturated rings. The van der Waals surface area contributed by atoms with E-state index < -0.39 is 0 Å². The van der Waals surface area contributed by atoms with Crippen LogP contribution in [0.3, 0.4) is 0 Å². The fraction of sp³-hybridized carbons (Fsp3) is 0.120. The molecule has 0 spiro atoms. The van der Waals surface area contributed by atoms with Gasteiger partial charge in [-0.2, -0.15) is 10.6 Å². The molecule has 5 rings (SSSR count). The van der Waals surface area contributed by atoms with Gasteiger partial charge in [0.2, 0.25) is 5.91 Å². The molecule has 0 radical (unpaired) electrons. The van der Waals surface area contributed by atoms with Crippen molar-refractivity contribution < 1.29 is 9.63 Å². The molecule has 0 bridgehead atoms. The summed E-state index contributed by atoms with van der Waals surface area (Å²) in [5.41, 5.74) is 10.8. The molecule has 0 saturated carbocycles. The molecule has 0 atom stereocenters. The zero-order chi connectivity index (χ0) is 22.9. The summed E-state index contributed by atoms with van der Waals surface area (Å²) in [6, 6.07) is 13.7. The number of benzene rings is 1. The highest BCUT2D eigenvalue weighted by Gasteiger charge is 2.17. The molecule has 0 saturated heterocycles. The number of rotatable bonds is 5. The third kappa shape index (κ3) is 3.71. The number of carbonyl (C=O) groups excluding carboxylic acids is 1. The van der Waals surface area contributed by atoms with E-state index in [-0.39, 0.29) is 5.91 Å². The summed E-state index contributed by atoms with van der Waals surface area (Å²) in [6.45, 7) is 5.39. The molecule has 0 aliphatic heterocycles. The number of H-pyrrole nitrogens is 1. The van der Waals surface area contributed by atoms with E-state index in [1.54, 1.807) is 6.20 Å². The van der Waals surface area contributed by atoms with Crippen LogP contribution < -0.4 is 10.3 Å². The smallest absolute Gasteiger partial charge is 0.249 e. The maximum atomic E-state index is 11.2. The second-order valence-electron chi connectivity index (χ2n) is 7.78. The summed E-state index contributed by atoms with van der Waals surface area (Å²) in [5.74, 6) is 0.347. The monoisotopic (exact) mass is 438 g/mol. The van der Waals surface area contributed by atoms with Gasteiger partial charge < -0.3 is 4.84 Å². The van der Waals surface area contributed by atoms with Crippen molar-refractivity contribution in [2.45, 2.75) is 20.8 Å². The first kappa shape index (κ1) is 20.4. The van der Waals surface area contributed by atoms with E-state index in [4.69, 9.17) is 4.84 Å². The van der Waals surface area contributed by atoms with Gasteiger partial charge in [0.25, 0.3) is 0 Å². The molecule has 5 aromatic rings. The summed E-state index contributed by atoms with van der Waals surface area (Å²) in [6.07, 6.45) is 7.48. The molecule has 4 aromatic heterocycles. The molecule has 8 nitrogen and oxygen atoms in total. The van der Waals surface area contributed by atoms with Crippen molar-refractivity contribution in [3.63, 3.8) is 0 Å². The topological polar surface area (TPSA) is 97.2 Å². The van der Waals surface area contributed by atoms with E-state index in [1.807, 2.05) is 73.1 Å². The van der Waals surface area contributed by atoms with E-state index >= 15 is 0 Å². The van der Waals surface area contributed by atoms with Gasteiger partial charge in [-0.05, 0) is 61.4 Å². The quantitative estimate of drug-likeness (QED) is 0.394. The minimum absolute atomic E-state index is 0.257. The van der Waals surface area contributed by atoms with Crippen LogP contribution in [-0.2, 0) is 4.79 Å². The lowest BCUT2D eigenvalue weighted by Crippen LogP contribution is -2.24. The number of aromatic amines is 1. The number of fused-ring (bicyclic) bond motifs is 1. The Morgan fingerprint density at radius 3 is 2.67 bits per heavy atom. The highest BCUT2D eigenvalue weighted by Crippen LogP contribution is 2.36. The van der Waals surface area contributed by atoms with Crippen molar-refractivity contribution in [2.75, 3.05) is 0 Å². The molecule has 0 unspecified atom stereocenters. The molecular weight excluding hydrogens is 416 g/mol. The zero-order valence-corrected chi connectivity index (χ0v) is 18.5. The Balaban J connectivity index is 1.57. The lowest BCUT2D eigenvalue weighted by atomic mass is 9.96. The van der Waals surface area contributed by atoms with E-state index in [9.17, 15) is 4.79 Å². The van der Waals surface area contributed by atoms with Crippen LogP contribution in [0.15, 0.2) is 67.3 Å². The first-order valence-corrected chi connectivity index (χ1v) is 10.5. The Bertz CT molecular complexity index is 1470. The second kappa shape index (κ2) is 8.23. The van der Waals surface area contributed by atoms with Gasteiger partial charge in [-0.15, -0.1) is 0 Å². The minimum Gasteiger partial charge on any atom is -0.379 e. The lowest BCUT2D eigenvalue weighted by Gasteiger charge is -2.14. The van der Waals surface area contributed by atoms with Crippen LogP contribution in [0, 0.1) is 13.8 Å². The predicted molar refractivity (Wildman–Crippen MR) is 125 cm³/mol. The molecule has 164 valence electrons. The van der Waals surface area contributed by atoms with Crippen molar-refractivity contribution in [2.24, 2.45) is 0 Å². The van der Waals surface area contributed by atoms with Gasteiger partial charge in [-0.1, -0.05) is 6.07 Å². The third-order valence-electron chi connectivity index (χ3n) is 5.69. The second-order valence-corrected chi connectivity index (χ2v) is 7.78. The number of hydrogen-bond acceptors (Lipinski definition) is 5. The Hall–Kier alpha value is -4.46. The standard InChI is InChI=1S/C25H22N6O2/c1-15-16(2)23(33-30-17(3)32)9-8-19(15)25-20(12-28-29-25)18-7-10-24-27-13-22(31(24)14-18)21-6-4-5-11-26-21/h4-14H,1-3H3,(H,28,29)(H,30,32). The van der Waals surface area contributed by atoms with Crippen LogP contribution in [0.2, 0.25) is 0 Å². The number of hydrogen-bond donors (Lipinski definition) is 2. The fourth-order valence-electron chi connectivity index (χ4n) is 3.86. The van der Waals surface area contributed by atoms with Crippen molar-refractivity contribution in [3.05, 3.63) is 78.4 Å². The average Bonchev–Trinajstić information content (AvgIpc) is 3.47. The normalized spacial score (nSPS) is 11.0. The first-order chi connectivity index (χ1) is 16.0. The Morgan fingerprint density at radius 2 is 1.88 bits per heavy atom. The van der Waals surface area contributed by atoms with Crippen molar-refractivity contribution in [3.8, 4) is 39.5 Å². The minimum atomic E-state index is -0.257. The first-order valence-electron chi connectivity index (χ1n) is 10.5. The van der Waals surface area contributed by atoms with Gasteiger partial charge in [0.1, 0.15) is 5.65 Å². The van der Waals surface area contributed by atoms with Crippen LogP contribution >= 0.6 is 0 Å². The van der Waals surface area contributed by atoms with Crippen LogP contribution in [0.5, 0.6) is 5.75 Å². The average molecular weight is 438 g/mol. The highest BCUT2D eigenvalue weighted by atomic mass is 16.7. The van der Waals surface area contributed by atoms with Crippen LogP contribution in [0.25, 0.3) is 39.4 Å². The van der Waals surface area contributed by atoms with Gasteiger partial charge in [0, 0.05) is 36.0 Å². The Morgan fingerprint density at radius 1 is 1.00 bits per heavy atom. The highest BCUT2D eigenvalue weighted by molar-refractivity contribution is 5.83. The number of aromatic nitrogens is 5. The van der Waals surface area contributed by atoms with Crippen molar-refractivity contribution >= 4 is 11.6 Å². The molecule has 1 aromatic carbocycles. The van der Waals surface area contributed by atoms with Crippen molar-refractivity contribution in [1.82, 2.24) is 30.0 Å². The molecule has 0 aliphatic carbocycles. The Labute approximate surface area is 190 Å². The molecule has 8 heteroatoms. The summed E-state index contributed by atoms with van der Waals surface area (Å²) < 4.78 is 2.04. The van der Waals surface area contributed by atoms with E-state index in [0.717, 1.165) is 50.5 Å². The number of nitrogens with one attached hydrogen (secondary N) is 2. The third-order valence-corrected chi connectivity index (χ3v) is 5.69. The maximum absolute atomic E-state index is 11.2. The van der Waals surface area contributed by atoms with E-state index in [1.165, 1.54) is 6.92 Å². The predicted octanol–water partition coefficient (Wildman–Crippen LogP) is 4.50. The molecule has 4 heterocycles. The number of amides is 1. The number of carbonyl (C=O) groups is 1. The van der Waals surface area contributed by atoms with Gasteiger partial charge in [-0.25, -0.2) is 4.98 Å². The summed E-state index contributed by atoms with van der Waals surface area (Å²) >= 11 is 0. The van der Waals surface area contributed by atoms with Gasteiger partial charge in [0.05, 0.1) is 29.5 Å². The van der Waals surface area contributed by atoms with E-state index in [2.05, 4.69) is 31.8 Å². The number of imidazole rings is 1. The summed E-state index contributed by atoms with van der Waals surface area (Å²) in [7, 11) is 0. The maximum Gasteiger partial charge on any atom is 0.249 e. The van der Waals surface area contributed by atoms with Gasteiger partial charge in [0.15, 0.2) is 5.75 Å². The molecule has 0 aliphatic rings. The summed E-state index contributed by atoms with van der Waals surface area (Å²) in [5, 5.41) is 7.47. The molecule has 1 amide bonds. The van der Waals surface area contributed by atoms with Gasteiger partial charge >= 0.3 is 0 Å². The number of pyridine rings is 2. The van der Waals surface area contributed by atoms with E-state index in [0.29, 0.717) is 5.75 Å². The van der Waals surface area contributed by atoms with Gasteiger partial charge in [-0.3, -0.25) is 19.3 Å². The number of hydroxylamine groups is 1. The number of nitrogens with zero attached hydrogens (tertiary/aromatic N) is 4. The Kier molecular flexibility index (Phi) is 5.10. The fourth-order valence-corrected chi connectivity index (χ4v) is 3.86. The molecule has 2 N–H and O–H groups in total. The summed E-state index contributed by atoms with van der Waals surface area (Å²) in [4.78, 5) is 25.6. The lowest BCUT2D eigenvalue weighted by molar-refractivity contribution is -0.125. The van der Waals surface area contributed by atoms with Crippen LogP contribution in [-0.4, -0.2) is 30.5 Å².